The van der Waals surface area contributed by atoms with Gasteiger partial charge in [-0.05, 0) is 54.9 Å². The quantitative estimate of drug-likeness (QED) is 0.0127. The molecular weight excluding hydrogens is 965 g/mol. The number of nitrogens with two attached hydrogens (primary N) is 3. The summed E-state index contributed by atoms with van der Waals surface area (Å²) in [6.07, 6.45) is 2.30. The van der Waals surface area contributed by atoms with Crippen molar-refractivity contribution >= 4 is 76.8 Å². The van der Waals surface area contributed by atoms with Gasteiger partial charge in [-0.3, -0.25) is 38.6 Å². The molecule has 4 aromatic rings. The number of carbonyl (C=O) groups is 8. The lowest BCUT2D eigenvalue weighted by Gasteiger charge is -2.30. The summed E-state index contributed by atoms with van der Waals surface area (Å²) < 4.78 is 0. The number of aliphatic hydroxyl groups excluding tert-OH is 2. The van der Waals surface area contributed by atoms with Gasteiger partial charge >= 0.3 is 5.97 Å². The lowest BCUT2D eigenvalue weighted by molar-refractivity contribution is -0.142. The van der Waals surface area contributed by atoms with Crippen LogP contribution in [0.15, 0.2) is 96.1 Å². The molecule has 16 N–H and O–H groups in total. The third-order valence-electron chi connectivity index (χ3n) is 12.1. The highest BCUT2D eigenvalue weighted by Gasteiger charge is 2.40. The molecule has 7 amide bonds. The second-order valence-corrected chi connectivity index (χ2v) is 17.8. The van der Waals surface area contributed by atoms with E-state index in [9.17, 15) is 53.7 Å². The van der Waals surface area contributed by atoms with E-state index in [0.29, 0.717) is 17.5 Å². The molecule has 0 bridgehead atoms. The topological polar surface area (TPSA) is 379 Å². The summed E-state index contributed by atoms with van der Waals surface area (Å²) in [7, 11) is 0. The molecule has 5 rings (SSSR count). The van der Waals surface area contributed by atoms with Gasteiger partial charge in [0.05, 0.1) is 19.3 Å². The highest BCUT2D eigenvalue weighted by atomic mass is 32.1. The van der Waals surface area contributed by atoms with Gasteiger partial charge in [0.2, 0.25) is 41.4 Å². The standard InChI is InChI=1S/C49H64N12O11S/c50-32(23-30-24-54-33-16-8-7-15-31(30)33)41(64)60-39(27-73)47(70)61-20-10-18-40(61)46(69)56-35(21-28-11-3-1-4-12-28)43(66)59-37(25-62)44(67)55-34(17-9-19-53-49(51)52)42(65)58-38(26-63)45(68)57-36(48(71)72)22-29-13-5-2-6-14-29/h1-8,11-16,24,32,34-40,54,62-63,73H,9-10,17-23,25-27,50H2,(H,55,67)(H,56,69)(H,57,68)(H,58,65)(H,59,66)(H,60,64)(H,71,72)(H4,51,52,53)/t32-,34-,35-,36-,37-,38-,39-,40-/m0/s1. The Balaban J connectivity index is 1.26. The van der Waals surface area contributed by atoms with Crippen LogP contribution in [0, 0.1) is 0 Å². The first-order valence-electron chi connectivity index (χ1n) is 23.6. The number of amides is 7. The molecule has 0 saturated carbocycles. The number of aliphatic carboxylic acids is 1. The van der Waals surface area contributed by atoms with E-state index in [1.165, 1.54) is 4.90 Å². The van der Waals surface area contributed by atoms with Crippen LogP contribution in [0.2, 0.25) is 0 Å². The van der Waals surface area contributed by atoms with Crippen molar-refractivity contribution in [1.29, 1.82) is 0 Å². The molecule has 2 heterocycles. The number of hydrogen-bond donors (Lipinski definition) is 14. The first-order valence-corrected chi connectivity index (χ1v) is 24.3. The minimum Gasteiger partial charge on any atom is -0.480 e. The number of carboxylic acid groups (broad SMARTS) is 1. The number of nitrogens with zero attached hydrogens (tertiary/aromatic N) is 2. The molecule has 8 atom stereocenters. The number of thiol groups is 1. The fraction of sp³-hybridized carbons (Fsp3) is 0.408. The lowest BCUT2D eigenvalue weighted by Crippen LogP contribution is -2.61. The molecule has 24 heteroatoms. The van der Waals surface area contributed by atoms with Gasteiger partial charge < -0.3 is 74.3 Å². The minimum absolute atomic E-state index is 0.00131. The number of rotatable bonds is 27. The molecule has 3 aromatic carbocycles. The first-order chi connectivity index (χ1) is 35.0. The second-order valence-electron chi connectivity index (χ2n) is 17.4. The van der Waals surface area contributed by atoms with E-state index in [1.54, 1.807) is 66.9 Å². The van der Waals surface area contributed by atoms with Crippen molar-refractivity contribution < 1.29 is 53.7 Å². The number of nitrogens with one attached hydrogen (secondary N) is 7. The van der Waals surface area contributed by atoms with Crippen LogP contribution < -0.4 is 49.1 Å². The number of carboxylic acids is 1. The third kappa shape index (κ3) is 16.5. The Morgan fingerprint density at radius 1 is 0.671 bits per heavy atom. The molecule has 73 heavy (non-hydrogen) atoms. The Labute approximate surface area is 426 Å². The zero-order valence-electron chi connectivity index (χ0n) is 39.9. The summed E-state index contributed by atoms with van der Waals surface area (Å²) in [5.74, 6) is -7.63. The molecular formula is C49H64N12O11S. The van der Waals surface area contributed by atoms with Gasteiger partial charge in [-0.2, -0.15) is 12.6 Å². The van der Waals surface area contributed by atoms with Crippen molar-refractivity contribution in [2.24, 2.45) is 22.2 Å². The predicted molar refractivity (Wildman–Crippen MR) is 272 cm³/mol. The van der Waals surface area contributed by atoms with E-state index < -0.39 is 109 Å². The van der Waals surface area contributed by atoms with Crippen molar-refractivity contribution in [3.8, 4) is 0 Å². The number of carbonyl (C=O) groups excluding carboxylic acids is 7. The Hall–Kier alpha value is -7.54. The van der Waals surface area contributed by atoms with Crippen LogP contribution in [-0.2, 0) is 57.6 Å². The van der Waals surface area contributed by atoms with E-state index in [-0.39, 0.29) is 63.3 Å². The molecule has 0 unspecified atom stereocenters. The molecule has 1 aliphatic heterocycles. The van der Waals surface area contributed by atoms with Gasteiger partial charge in [0.15, 0.2) is 5.96 Å². The van der Waals surface area contributed by atoms with Gasteiger partial charge in [-0.1, -0.05) is 78.9 Å². The maximum atomic E-state index is 14.1. The van der Waals surface area contributed by atoms with E-state index in [0.717, 1.165) is 16.5 Å². The highest BCUT2D eigenvalue weighted by Crippen LogP contribution is 2.21. The number of benzene rings is 3. The van der Waals surface area contributed by atoms with E-state index >= 15 is 0 Å². The van der Waals surface area contributed by atoms with Crippen LogP contribution in [0.25, 0.3) is 10.9 Å². The van der Waals surface area contributed by atoms with Gasteiger partial charge in [0, 0.05) is 48.8 Å². The van der Waals surface area contributed by atoms with Gasteiger partial charge in [-0.15, -0.1) is 0 Å². The molecule has 1 saturated heterocycles. The van der Waals surface area contributed by atoms with Gasteiger partial charge in [0.25, 0.3) is 0 Å². The third-order valence-corrected chi connectivity index (χ3v) is 12.5. The van der Waals surface area contributed by atoms with E-state index in [4.69, 9.17) is 17.2 Å². The molecule has 1 aliphatic rings. The lowest BCUT2D eigenvalue weighted by atomic mass is 10.0. The van der Waals surface area contributed by atoms with Gasteiger partial charge in [0.1, 0.15) is 42.3 Å². The zero-order valence-corrected chi connectivity index (χ0v) is 40.8. The van der Waals surface area contributed by atoms with Crippen LogP contribution >= 0.6 is 12.6 Å². The van der Waals surface area contributed by atoms with Crippen LogP contribution in [-0.4, -0.2) is 159 Å². The zero-order chi connectivity index (χ0) is 53.0. The van der Waals surface area contributed by atoms with Crippen LogP contribution in [0.3, 0.4) is 0 Å². The van der Waals surface area contributed by atoms with Crippen molar-refractivity contribution in [2.75, 3.05) is 32.1 Å². The second kappa shape index (κ2) is 27.9. The number of H-pyrrole nitrogens is 1. The number of guanidine groups is 1. The number of hydrogen-bond acceptors (Lipinski definition) is 13. The Bertz CT molecular complexity index is 2560. The average molecular weight is 1030 g/mol. The summed E-state index contributed by atoms with van der Waals surface area (Å²) in [5, 5.41) is 46.2. The molecule has 1 fully saturated rings. The molecule has 392 valence electrons. The molecule has 1 aromatic heterocycles. The maximum Gasteiger partial charge on any atom is 0.326 e. The smallest absolute Gasteiger partial charge is 0.326 e. The van der Waals surface area contributed by atoms with Crippen molar-refractivity contribution in [3.63, 3.8) is 0 Å². The number of fused-ring (bicyclic) bond motifs is 1. The largest absolute Gasteiger partial charge is 0.480 e. The molecule has 0 spiro atoms. The van der Waals surface area contributed by atoms with E-state index in [1.807, 2.05) is 24.3 Å². The Morgan fingerprint density at radius 2 is 1.19 bits per heavy atom. The summed E-state index contributed by atoms with van der Waals surface area (Å²) >= 11 is 4.33. The normalized spacial score (nSPS) is 16.1. The van der Waals surface area contributed by atoms with Crippen molar-refractivity contribution in [1.82, 2.24) is 41.8 Å². The molecule has 0 radical (unpaired) electrons. The summed E-state index contributed by atoms with van der Waals surface area (Å²) in [5.41, 5.74) is 20.1. The van der Waals surface area contributed by atoms with Crippen LogP contribution in [0.4, 0.5) is 0 Å². The predicted octanol–water partition coefficient (Wildman–Crippen LogP) is -2.52. The SMILES string of the molecule is NC(N)=NCCC[C@H](NC(=O)[C@H](CO)NC(=O)[C@H](Cc1ccccc1)NC(=O)[C@@H]1CCCN1C(=O)[C@H](CS)NC(=O)[C@@H](N)Cc1c[nH]c2ccccc12)C(=O)N[C@@H](CO)C(=O)N[C@@H](Cc1ccccc1)C(=O)O. The monoisotopic (exact) mass is 1030 g/mol. The minimum atomic E-state index is -1.71. The molecule has 0 aliphatic carbocycles. The Kier molecular flexibility index (Phi) is 21.5. The van der Waals surface area contributed by atoms with Gasteiger partial charge in [-0.25, -0.2) is 4.79 Å². The fourth-order valence-corrected chi connectivity index (χ4v) is 8.47. The Morgan fingerprint density at radius 3 is 1.77 bits per heavy atom. The number of aliphatic hydroxyl groups is 2. The number of aromatic nitrogens is 1. The average Bonchev–Trinajstić information content (AvgIpc) is 4.05. The number of likely N-dealkylation sites (tertiary alicyclic amines) is 1. The van der Waals surface area contributed by atoms with E-state index in [2.05, 4.69) is 54.5 Å². The summed E-state index contributed by atoms with van der Waals surface area (Å²) in [4.78, 5) is 117. The first kappa shape index (κ1) is 56.4. The number of aromatic amines is 1. The fourth-order valence-electron chi connectivity index (χ4n) is 8.22. The number of aliphatic imine (C=N–C) groups is 1. The highest BCUT2D eigenvalue weighted by molar-refractivity contribution is 7.80. The summed E-state index contributed by atoms with van der Waals surface area (Å²) in [6.45, 7) is -1.79. The van der Waals surface area contributed by atoms with Crippen LogP contribution in [0.1, 0.15) is 42.4 Å². The van der Waals surface area contributed by atoms with Crippen LogP contribution in [0.5, 0.6) is 0 Å². The summed E-state index contributed by atoms with van der Waals surface area (Å²) in [6, 6.07) is 13.6. The van der Waals surface area contributed by atoms with Crippen molar-refractivity contribution in [2.45, 2.75) is 93.3 Å². The number of para-hydroxylation sites is 1. The van der Waals surface area contributed by atoms with Crippen molar-refractivity contribution in [3.05, 3.63) is 108 Å². The molecule has 23 nitrogen and oxygen atoms in total. The maximum absolute atomic E-state index is 14.1.